The quantitative estimate of drug-likeness (QED) is 0.778. The van der Waals surface area contributed by atoms with Gasteiger partial charge in [-0.3, -0.25) is 0 Å². The van der Waals surface area contributed by atoms with Crippen molar-refractivity contribution < 1.29 is 9.53 Å². The van der Waals surface area contributed by atoms with Crippen molar-refractivity contribution in [3.63, 3.8) is 0 Å². The van der Waals surface area contributed by atoms with E-state index < -0.39 is 5.60 Å². The molecule has 0 spiro atoms. The van der Waals surface area contributed by atoms with Crippen molar-refractivity contribution in [3.05, 3.63) is 34.9 Å². The van der Waals surface area contributed by atoms with E-state index in [9.17, 15) is 4.79 Å². The van der Waals surface area contributed by atoms with E-state index >= 15 is 0 Å². The van der Waals surface area contributed by atoms with Crippen LogP contribution in [-0.4, -0.2) is 29.7 Å². The number of ether oxygens (including phenoxy) is 1. The van der Waals surface area contributed by atoms with Gasteiger partial charge in [0, 0.05) is 18.1 Å². The van der Waals surface area contributed by atoms with Crippen molar-refractivity contribution in [3.8, 4) is 0 Å². The molecule has 2 aliphatic rings. The summed E-state index contributed by atoms with van der Waals surface area (Å²) in [6.07, 6.45) is 3.40. The van der Waals surface area contributed by atoms with Crippen LogP contribution in [0.1, 0.15) is 39.2 Å². The predicted molar refractivity (Wildman–Crippen MR) is 92.7 cm³/mol. The summed E-state index contributed by atoms with van der Waals surface area (Å²) >= 11 is 5.95. The number of benzene rings is 1. The van der Waals surface area contributed by atoms with Crippen LogP contribution >= 0.6 is 11.6 Å². The molecule has 23 heavy (non-hydrogen) atoms. The number of carbonyl (C=O) groups is 1. The zero-order valence-electron chi connectivity index (χ0n) is 14.2. The highest BCUT2D eigenvalue weighted by molar-refractivity contribution is 6.30. The van der Waals surface area contributed by atoms with E-state index in [4.69, 9.17) is 16.3 Å². The maximum absolute atomic E-state index is 12.2. The zero-order chi connectivity index (χ0) is 16.6. The average Bonchev–Trinajstić information content (AvgIpc) is 2.97. The molecule has 2 fully saturated rings. The van der Waals surface area contributed by atoms with Gasteiger partial charge >= 0.3 is 6.09 Å². The van der Waals surface area contributed by atoms with Crippen molar-refractivity contribution in [2.45, 2.75) is 45.6 Å². The molecular weight excluding hydrogens is 310 g/mol. The van der Waals surface area contributed by atoms with Crippen LogP contribution in [0.2, 0.25) is 5.02 Å². The maximum atomic E-state index is 12.2. The van der Waals surface area contributed by atoms with E-state index in [2.05, 4.69) is 12.1 Å². The highest BCUT2D eigenvalue weighted by Crippen LogP contribution is 2.43. The molecule has 2 atom stereocenters. The van der Waals surface area contributed by atoms with Gasteiger partial charge in [0.25, 0.3) is 0 Å². The van der Waals surface area contributed by atoms with Crippen molar-refractivity contribution in [2.24, 2.45) is 17.8 Å². The second-order valence-electron chi connectivity index (χ2n) is 8.07. The Hall–Kier alpha value is -1.22. The number of fused-ring (bicyclic) bond motifs is 1. The second kappa shape index (κ2) is 6.35. The molecule has 0 radical (unpaired) electrons. The molecule has 0 aromatic heterocycles. The van der Waals surface area contributed by atoms with Crippen LogP contribution in [0.5, 0.6) is 0 Å². The normalized spacial score (nSPS) is 27.1. The standard InChI is InChI=1S/C19H26ClNO2/c1-19(2,3)23-18(22)21-11-15-9-14(10-16(15)12-21)8-13-4-6-17(20)7-5-13/h4-7,14-16H,8-12H2,1-3H3. The third-order valence-corrected chi connectivity index (χ3v) is 5.19. The highest BCUT2D eigenvalue weighted by Gasteiger charge is 2.43. The fourth-order valence-electron chi connectivity index (χ4n) is 4.02. The molecule has 1 aromatic carbocycles. The molecule has 0 bridgehead atoms. The molecule has 4 heteroatoms. The van der Waals surface area contributed by atoms with Gasteiger partial charge in [0.15, 0.2) is 0 Å². The first-order valence-corrected chi connectivity index (χ1v) is 8.90. The van der Waals surface area contributed by atoms with Crippen molar-refractivity contribution >= 4 is 17.7 Å². The number of carbonyl (C=O) groups excluding carboxylic acids is 1. The van der Waals surface area contributed by atoms with Gasteiger partial charge in [-0.05, 0) is 75.5 Å². The van der Waals surface area contributed by atoms with Crippen LogP contribution in [0.25, 0.3) is 0 Å². The number of hydrogen-bond donors (Lipinski definition) is 0. The lowest BCUT2D eigenvalue weighted by atomic mass is 9.96. The first-order chi connectivity index (χ1) is 10.8. The molecule has 1 aliphatic heterocycles. The van der Waals surface area contributed by atoms with E-state index in [1.807, 2.05) is 37.8 Å². The molecule has 1 aliphatic carbocycles. The van der Waals surface area contributed by atoms with Crippen LogP contribution in [-0.2, 0) is 11.2 Å². The first kappa shape index (κ1) is 16.6. The highest BCUT2D eigenvalue weighted by atomic mass is 35.5. The number of hydrogen-bond acceptors (Lipinski definition) is 2. The number of nitrogens with zero attached hydrogens (tertiary/aromatic N) is 1. The van der Waals surface area contributed by atoms with E-state index in [0.717, 1.165) is 30.5 Å². The number of likely N-dealkylation sites (tertiary alicyclic amines) is 1. The number of rotatable bonds is 2. The minimum Gasteiger partial charge on any atom is -0.444 e. The van der Waals surface area contributed by atoms with Crippen LogP contribution in [0.15, 0.2) is 24.3 Å². The zero-order valence-corrected chi connectivity index (χ0v) is 15.0. The molecule has 126 valence electrons. The number of amides is 1. The summed E-state index contributed by atoms with van der Waals surface area (Å²) in [6.45, 7) is 7.48. The van der Waals surface area contributed by atoms with Crippen molar-refractivity contribution in [1.29, 1.82) is 0 Å². The fraction of sp³-hybridized carbons (Fsp3) is 0.632. The van der Waals surface area contributed by atoms with E-state index in [-0.39, 0.29) is 6.09 Å². The van der Waals surface area contributed by atoms with Crippen LogP contribution < -0.4 is 0 Å². The van der Waals surface area contributed by atoms with Gasteiger partial charge in [-0.2, -0.15) is 0 Å². The molecule has 3 nitrogen and oxygen atoms in total. The third-order valence-electron chi connectivity index (χ3n) is 4.94. The number of halogens is 1. The van der Waals surface area contributed by atoms with Crippen molar-refractivity contribution in [1.82, 2.24) is 4.90 Å². The van der Waals surface area contributed by atoms with Gasteiger partial charge in [-0.25, -0.2) is 4.79 Å². The Morgan fingerprint density at radius 3 is 2.26 bits per heavy atom. The second-order valence-corrected chi connectivity index (χ2v) is 8.51. The summed E-state index contributed by atoms with van der Waals surface area (Å²) in [5.74, 6) is 2.01. The Kier molecular flexibility index (Phi) is 4.59. The minimum atomic E-state index is -0.411. The topological polar surface area (TPSA) is 29.5 Å². The van der Waals surface area contributed by atoms with E-state index in [0.29, 0.717) is 11.8 Å². The molecular formula is C19H26ClNO2. The summed E-state index contributed by atoms with van der Waals surface area (Å²) < 4.78 is 5.50. The summed E-state index contributed by atoms with van der Waals surface area (Å²) in [7, 11) is 0. The maximum Gasteiger partial charge on any atom is 0.410 e. The first-order valence-electron chi connectivity index (χ1n) is 8.52. The Morgan fingerprint density at radius 1 is 1.17 bits per heavy atom. The Bertz CT molecular complexity index is 550. The predicted octanol–water partition coefficient (Wildman–Crippen LogP) is 4.78. The lowest BCUT2D eigenvalue weighted by Gasteiger charge is -2.25. The molecule has 1 saturated heterocycles. The van der Waals surface area contributed by atoms with Gasteiger partial charge in [0.1, 0.15) is 5.60 Å². The molecule has 1 heterocycles. The molecule has 3 rings (SSSR count). The van der Waals surface area contributed by atoms with Crippen molar-refractivity contribution in [2.75, 3.05) is 13.1 Å². The molecule has 1 amide bonds. The van der Waals surface area contributed by atoms with Gasteiger partial charge in [-0.1, -0.05) is 23.7 Å². The van der Waals surface area contributed by atoms with Gasteiger partial charge in [0.2, 0.25) is 0 Å². The average molecular weight is 336 g/mol. The summed E-state index contributed by atoms with van der Waals surface area (Å²) in [4.78, 5) is 14.1. The molecule has 2 unspecified atom stereocenters. The summed E-state index contributed by atoms with van der Waals surface area (Å²) in [6, 6.07) is 8.20. The molecule has 1 aromatic rings. The summed E-state index contributed by atoms with van der Waals surface area (Å²) in [5.41, 5.74) is 0.953. The largest absolute Gasteiger partial charge is 0.444 e. The lowest BCUT2D eigenvalue weighted by Crippen LogP contribution is -2.36. The Morgan fingerprint density at radius 2 is 1.74 bits per heavy atom. The fourth-order valence-corrected chi connectivity index (χ4v) is 4.15. The van der Waals surface area contributed by atoms with Crippen LogP contribution in [0, 0.1) is 17.8 Å². The minimum absolute atomic E-state index is 0.152. The van der Waals surface area contributed by atoms with Crippen LogP contribution in [0.4, 0.5) is 4.79 Å². The van der Waals surface area contributed by atoms with Gasteiger partial charge < -0.3 is 9.64 Å². The van der Waals surface area contributed by atoms with E-state index in [1.54, 1.807) is 0 Å². The third kappa shape index (κ3) is 4.20. The monoisotopic (exact) mass is 335 g/mol. The van der Waals surface area contributed by atoms with Crippen LogP contribution in [0.3, 0.4) is 0 Å². The Labute approximate surface area is 144 Å². The summed E-state index contributed by atoms with van der Waals surface area (Å²) in [5, 5.41) is 0.796. The lowest BCUT2D eigenvalue weighted by molar-refractivity contribution is 0.0277. The Balaban J connectivity index is 1.51. The SMILES string of the molecule is CC(C)(C)OC(=O)N1CC2CC(Cc3ccc(Cl)cc3)CC2C1. The molecule has 1 saturated carbocycles. The molecule has 0 N–H and O–H groups in total. The smallest absolute Gasteiger partial charge is 0.410 e. The van der Waals surface area contributed by atoms with E-state index in [1.165, 1.54) is 18.4 Å². The van der Waals surface area contributed by atoms with Gasteiger partial charge in [0.05, 0.1) is 0 Å². The van der Waals surface area contributed by atoms with Gasteiger partial charge in [-0.15, -0.1) is 0 Å².